The normalized spacial score (nSPS) is 11.2. The average Bonchev–Trinajstić information content (AvgIpc) is 2.66. The van der Waals surface area contributed by atoms with Crippen molar-refractivity contribution in [3.63, 3.8) is 0 Å². The van der Waals surface area contributed by atoms with Crippen molar-refractivity contribution >= 4 is 17.4 Å². The van der Waals surface area contributed by atoms with Gasteiger partial charge in [0.05, 0.1) is 5.88 Å². The van der Waals surface area contributed by atoms with Crippen LogP contribution in [-0.2, 0) is 4.79 Å². The third kappa shape index (κ3) is 22.0. The van der Waals surface area contributed by atoms with Crippen LogP contribution in [0.1, 0.15) is 142 Å². The number of hydrogen-bond donors (Lipinski definition) is 0. The molecule has 0 radical (unpaired) electrons. The van der Waals surface area contributed by atoms with Gasteiger partial charge in [-0.25, -0.2) is 0 Å². The Morgan fingerprint density at radius 1 is 0.500 bits per heavy atom. The number of alkyl halides is 1. The standard InChI is InChI=1S/C24H47ClO/c1-2-3-4-5-6-7-8-9-10-11-12-13-14-15-16-17-18-19-20-21-22-24(26)23-25/h2-23H2,1H3. The number of carbonyl (C=O) groups excluding carboxylic acids is 1. The molecule has 26 heavy (non-hydrogen) atoms. The van der Waals surface area contributed by atoms with E-state index in [0.29, 0.717) is 6.42 Å². The fraction of sp³-hybridized carbons (Fsp3) is 0.958. The molecule has 0 saturated heterocycles. The van der Waals surface area contributed by atoms with E-state index in [1.165, 1.54) is 122 Å². The highest BCUT2D eigenvalue weighted by Gasteiger charge is 1.99. The Morgan fingerprint density at radius 2 is 0.769 bits per heavy atom. The minimum absolute atomic E-state index is 0.194. The number of carbonyl (C=O) groups is 1. The van der Waals surface area contributed by atoms with Gasteiger partial charge in [0.15, 0.2) is 0 Å². The lowest BCUT2D eigenvalue weighted by atomic mass is 10.0. The monoisotopic (exact) mass is 386 g/mol. The van der Waals surface area contributed by atoms with Gasteiger partial charge in [0.2, 0.25) is 0 Å². The van der Waals surface area contributed by atoms with Crippen molar-refractivity contribution in [3.05, 3.63) is 0 Å². The van der Waals surface area contributed by atoms with E-state index >= 15 is 0 Å². The molecule has 0 bridgehead atoms. The summed E-state index contributed by atoms with van der Waals surface area (Å²) >= 11 is 5.49. The molecule has 0 heterocycles. The van der Waals surface area contributed by atoms with Gasteiger partial charge in [-0.2, -0.15) is 0 Å². The predicted molar refractivity (Wildman–Crippen MR) is 118 cm³/mol. The molecule has 0 aliphatic carbocycles. The minimum Gasteiger partial charge on any atom is -0.298 e. The van der Waals surface area contributed by atoms with Gasteiger partial charge in [0.25, 0.3) is 0 Å². The first-order chi connectivity index (χ1) is 12.8. The van der Waals surface area contributed by atoms with Gasteiger partial charge < -0.3 is 0 Å². The second-order valence-electron chi connectivity index (χ2n) is 8.14. The molecule has 0 aromatic rings. The van der Waals surface area contributed by atoms with E-state index in [0.717, 1.165) is 6.42 Å². The van der Waals surface area contributed by atoms with Crippen molar-refractivity contribution in [1.29, 1.82) is 0 Å². The van der Waals surface area contributed by atoms with Crippen LogP contribution in [0.15, 0.2) is 0 Å². The zero-order chi connectivity index (χ0) is 19.1. The third-order valence-electron chi connectivity index (χ3n) is 5.46. The highest BCUT2D eigenvalue weighted by molar-refractivity contribution is 6.27. The van der Waals surface area contributed by atoms with E-state index < -0.39 is 0 Å². The lowest BCUT2D eigenvalue weighted by Gasteiger charge is -2.04. The summed E-state index contributed by atoms with van der Waals surface area (Å²) in [6, 6.07) is 0. The van der Waals surface area contributed by atoms with Gasteiger partial charge in [-0.15, -0.1) is 11.6 Å². The van der Waals surface area contributed by atoms with E-state index in [9.17, 15) is 4.79 Å². The minimum atomic E-state index is 0.194. The number of Topliss-reactive ketones (excluding diaryl/α,β-unsaturated/α-hetero) is 1. The summed E-state index contributed by atoms with van der Waals surface area (Å²) < 4.78 is 0. The summed E-state index contributed by atoms with van der Waals surface area (Å²) in [6.45, 7) is 2.29. The van der Waals surface area contributed by atoms with Crippen LogP contribution in [0.5, 0.6) is 0 Å². The molecule has 0 N–H and O–H groups in total. The van der Waals surface area contributed by atoms with Crippen LogP contribution in [0.4, 0.5) is 0 Å². The maximum atomic E-state index is 11.1. The van der Waals surface area contributed by atoms with Crippen molar-refractivity contribution in [1.82, 2.24) is 0 Å². The summed E-state index contributed by atoms with van der Waals surface area (Å²) in [5, 5.41) is 0. The first-order valence-corrected chi connectivity index (χ1v) is 12.4. The van der Waals surface area contributed by atoms with Gasteiger partial charge in [0, 0.05) is 6.42 Å². The zero-order valence-electron chi connectivity index (χ0n) is 17.8. The third-order valence-corrected chi connectivity index (χ3v) is 5.76. The van der Waals surface area contributed by atoms with E-state index in [-0.39, 0.29) is 11.7 Å². The van der Waals surface area contributed by atoms with Gasteiger partial charge >= 0.3 is 0 Å². The van der Waals surface area contributed by atoms with Gasteiger partial charge in [-0.05, 0) is 6.42 Å². The maximum absolute atomic E-state index is 11.1. The Morgan fingerprint density at radius 3 is 1.04 bits per heavy atom. The molecule has 1 nitrogen and oxygen atoms in total. The van der Waals surface area contributed by atoms with Crippen molar-refractivity contribution in [3.8, 4) is 0 Å². The van der Waals surface area contributed by atoms with Crippen LogP contribution >= 0.6 is 11.6 Å². The lowest BCUT2D eigenvalue weighted by molar-refractivity contribution is -0.116. The van der Waals surface area contributed by atoms with Gasteiger partial charge in [-0.3, -0.25) is 4.79 Å². The topological polar surface area (TPSA) is 17.1 Å². The first kappa shape index (κ1) is 26.0. The molecule has 2 heteroatoms. The van der Waals surface area contributed by atoms with Crippen LogP contribution in [-0.4, -0.2) is 11.7 Å². The molecule has 0 fully saturated rings. The fourth-order valence-corrected chi connectivity index (χ4v) is 3.78. The second-order valence-corrected chi connectivity index (χ2v) is 8.41. The SMILES string of the molecule is CCCCCCCCCCCCCCCCCCCCCCC(=O)CCl. The lowest BCUT2D eigenvalue weighted by Crippen LogP contribution is -1.98. The smallest absolute Gasteiger partial charge is 0.147 e. The van der Waals surface area contributed by atoms with Crippen LogP contribution in [0, 0.1) is 0 Å². The van der Waals surface area contributed by atoms with E-state index in [1.54, 1.807) is 0 Å². The molecule has 0 spiro atoms. The Labute approximate surface area is 170 Å². The van der Waals surface area contributed by atoms with E-state index in [1.807, 2.05) is 0 Å². The molecule has 0 aromatic heterocycles. The van der Waals surface area contributed by atoms with Crippen LogP contribution in [0.25, 0.3) is 0 Å². The van der Waals surface area contributed by atoms with Crippen LogP contribution in [0.3, 0.4) is 0 Å². The van der Waals surface area contributed by atoms with Crippen molar-refractivity contribution in [2.75, 3.05) is 5.88 Å². The largest absolute Gasteiger partial charge is 0.298 e. The van der Waals surface area contributed by atoms with Crippen LogP contribution in [0.2, 0.25) is 0 Å². The van der Waals surface area contributed by atoms with Gasteiger partial charge in [0.1, 0.15) is 5.78 Å². The van der Waals surface area contributed by atoms with Crippen molar-refractivity contribution in [2.24, 2.45) is 0 Å². The quantitative estimate of drug-likeness (QED) is 0.134. The molecule has 0 aliphatic heterocycles. The summed E-state index contributed by atoms with van der Waals surface area (Å²) in [4.78, 5) is 11.1. The second kappa shape index (κ2) is 23.0. The summed E-state index contributed by atoms with van der Waals surface area (Å²) in [7, 11) is 0. The number of unbranched alkanes of at least 4 members (excludes halogenated alkanes) is 19. The Balaban J connectivity index is 3.00. The molecule has 0 amide bonds. The molecule has 0 atom stereocenters. The van der Waals surface area contributed by atoms with Crippen molar-refractivity contribution in [2.45, 2.75) is 142 Å². The predicted octanol–water partition coefficient (Wildman–Crippen LogP) is 9.01. The Hall–Kier alpha value is -0.0400. The van der Waals surface area contributed by atoms with E-state index in [2.05, 4.69) is 6.92 Å². The molecule has 0 rings (SSSR count). The average molecular weight is 387 g/mol. The fourth-order valence-electron chi connectivity index (χ4n) is 3.64. The number of rotatable bonds is 22. The number of hydrogen-bond acceptors (Lipinski definition) is 1. The molecular weight excluding hydrogens is 340 g/mol. The maximum Gasteiger partial charge on any atom is 0.147 e. The Bertz CT molecular complexity index is 277. The first-order valence-electron chi connectivity index (χ1n) is 11.9. The highest BCUT2D eigenvalue weighted by Crippen LogP contribution is 2.15. The summed E-state index contributed by atoms with van der Waals surface area (Å²) in [6.07, 6.45) is 28.5. The van der Waals surface area contributed by atoms with Crippen molar-refractivity contribution < 1.29 is 4.79 Å². The Kier molecular flexibility index (Phi) is 23.0. The van der Waals surface area contributed by atoms with Gasteiger partial charge in [-0.1, -0.05) is 129 Å². The number of halogens is 1. The molecular formula is C24H47ClO. The zero-order valence-corrected chi connectivity index (χ0v) is 18.6. The molecule has 0 unspecified atom stereocenters. The molecule has 156 valence electrons. The molecule has 0 aliphatic rings. The van der Waals surface area contributed by atoms with E-state index in [4.69, 9.17) is 11.6 Å². The summed E-state index contributed by atoms with van der Waals surface area (Å²) in [5.74, 6) is 0.396. The molecule has 0 aromatic carbocycles. The van der Waals surface area contributed by atoms with Crippen LogP contribution < -0.4 is 0 Å². The highest BCUT2D eigenvalue weighted by atomic mass is 35.5. The number of ketones is 1. The summed E-state index contributed by atoms with van der Waals surface area (Å²) in [5.41, 5.74) is 0. The molecule has 0 saturated carbocycles.